The zero-order valence-electron chi connectivity index (χ0n) is 14.6. The summed E-state index contributed by atoms with van der Waals surface area (Å²) in [6.45, 7) is 3.15. The van der Waals surface area contributed by atoms with Crippen molar-refractivity contribution in [3.8, 4) is 0 Å². The van der Waals surface area contributed by atoms with Gasteiger partial charge in [-0.05, 0) is 43.4 Å². The van der Waals surface area contributed by atoms with Gasteiger partial charge in [0.05, 0.1) is 18.3 Å². The molecule has 0 aliphatic carbocycles. The highest BCUT2D eigenvalue weighted by molar-refractivity contribution is 5.74. The van der Waals surface area contributed by atoms with Gasteiger partial charge in [-0.1, -0.05) is 36.4 Å². The average Bonchev–Trinajstić information content (AvgIpc) is 3.09. The summed E-state index contributed by atoms with van der Waals surface area (Å²) in [5.41, 5.74) is 2.86. The fourth-order valence-corrected chi connectivity index (χ4v) is 3.38. The highest BCUT2D eigenvalue weighted by Crippen LogP contribution is 2.27. The second-order valence-electron chi connectivity index (χ2n) is 6.58. The van der Waals surface area contributed by atoms with E-state index in [9.17, 15) is 9.90 Å². The highest BCUT2D eigenvalue weighted by Gasteiger charge is 2.30. The van der Waals surface area contributed by atoms with Crippen LogP contribution in [0.5, 0.6) is 0 Å². The van der Waals surface area contributed by atoms with Crippen molar-refractivity contribution in [1.82, 2.24) is 15.2 Å². The fraction of sp³-hybridized carbons (Fsp3) is 0.400. The van der Waals surface area contributed by atoms with Crippen molar-refractivity contribution >= 4 is 6.03 Å². The Bertz CT molecular complexity index is 705. The summed E-state index contributed by atoms with van der Waals surface area (Å²) >= 11 is 0. The summed E-state index contributed by atoms with van der Waals surface area (Å²) in [7, 11) is 0. The molecule has 1 saturated heterocycles. The van der Waals surface area contributed by atoms with Crippen LogP contribution in [-0.2, 0) is 6.54 Å². The highest BCUT2D eigenvalue weighted by atomic mass is 16.3. The fourth-order valence-electron chi connectivity index (χ4n) is 3.38. The molecule has 1 aliphatic heterocycles. The van der Waals surface area contributed by atoms with Crippen LogP contribution in [0.4, 0.5) is 4.79 Å². The van der Waals surface area contributed by atoms with E-state index < -0.39 is 6.10 Å². The lowest BCUT2D eigenvalue weighted by Gasteiger charge is -2.27. The van der Waals surface area contributed by atoms with E-state index >= 15 is 0 Å². The van der Waals surface area contributed by atoms with E-state index in [1.807, 2.05) is 54.3 Å². The van der Waals surface area contributed by atoms with Gasteiger partial charge < -0.3 is 15.3 Å². The van der Waals surface area contributed by atoms with Crippen molar-refractivity contribution in [1.29, 1.82) is 0 Å². The number of likely N-dealkylation sites (tertiary alicyclic amines) is 1. The Morgan fingerprint density at radius 1 is 1.32 bits per heavy atom. The van der Waals surface area contributed by atoms with Crippen LogP contribution in [0.1, 0.15) is 42.2 Å². The summed E-state index contributed by atoms with van der Waals surface area (Å²) in [5, 5.41) is 13.4. The molecule has 25 heavy (non-hydrogen) atoms. The molecule has 1 aromatic heterocycles. The third-order valence-corrected chi connectivity index (χ3v) is 4.84. The number of hydrogen-bond donors (Lipinski definition) is 2. The Balaban J connectivity index is 1.57. The topological polar surface area (TPSA) is 65.5 Å². The van der Waals surface area contributed by atoms with Crippen LogP contribution in [-0.4, -0.2) is 33.6 Å². The Morgan fingerprint density at radius 3 is 2.88 bits per heavy atom. The lowest BCUT2D eigenvalue weighted by atomic mass is 10.0. The molecule has 132 valence electrons. The van der Waals surface area contributed by atoms with Gasteiger partial charge in [0.15, 0.2) is 0 Å². The zero-order valence-corrected chi connectivity index (χ0v) is 14.6. The Morgan fingerprint density at radius 2 is 2.12 bits per heavy atom. The van der Waals surface area contributed by atoms with E-state index in [1.165, 1.54) is 0 Å². The summed E-state index contributed by atoms with van der Waals surface area (Å²) in [5.74, 6) is 0. The maximum atomic E-state index is 12.6. The first-order valence-corrected chi connectivity index (χ1v) is 8.83. The molecule has 1 fully saturated rings. The number of amides is 2. The van der Waals surface area contributed by atoms with Crippen LogP contribution >= 0.6 is 0 Å². The summed E-state index contributed by atoms with van der Waals surface area (Å²) in [6, 6.07) is 13.5. The standard InChI is InChI=1S/C20H25N3O2/c1-15-7-5-11-21-18(15)14-22-20(25)23-12-6-10-17(23)13-19(24)16-8-3-2-4-9-16/h2-5,7-9,11,17,19,24H,6,10,12-14H2,1H3,(H,22,25)/t17-,19-/m0/s1. The van der Waals surface area contributed by atoms with E-state index in [-0.39, 0.29) is 12.1 Å². The predicted molar refractivity (Wildman–Crippen MR) is 97.0 cm³/mol. The van der Waals surface area contributed by atoms with Crippen LogP contribution in [0.2, 0.25) is 0 Å². The molecule has 1 aliphatic rings. The van der Waals surface area contributed by atoms with Crippen molar-refractivity contribution in [2.24, 2.45) is 0 Å². The Labute approximate surface area is 148 Å². The third-order valence-electron chi connectivity index (χ3n) is 4.84. The average molecular weight is 339 g/mol. The zero-order chi connectivity index (χ0) is 17.6. The van der Waals surface area contributed by atoms with Crippen molar-refractivity contribution in [3.63, 3.8) is 0 Å². The number of nitrogens with one attached hydrogen (secondary N) is 1. The third kappa shape index (κ3) is 4.37. The molecule has 2 N–H and O–H groups in total. The van der Waals surface area contributed by atoms with E-state index in [0.717, 1.165) is 36.2 Å². The normalized spacial score (nSPS) is 18.2. The number of hydrogen-bond acceptors (Lipinski definition) is 3. The van der Waals surface area contributed by atoms with Crippen LogP contribution in [0.25, 0.3) is 0 Å². The Kier molecular flexibility index (Phi) is 5.66. The second kappa shape index (κ2) is 8.12. The number of carbonyl (C=O) groups is 1. The number of aliphatic hydroxyl groups is 1. The first-order valence-electron chi connectivity index (χ1n) is 8.83. The molecule has 2 heterocycles. The molecule has 3 rings (SSSR count). The van der Waals surface area contributed by atoms with Gasteiger partial charge in [-0.3, -0.25) is 4.98 Å². The van der Waals surface area contributed by atoms with Crippen LogP contribution in [0.15, 0.2) is 48.7 Å². The van der Waals surface area contributed by atoms with E-state index in [0.29, 0.717) is 13.0 Å². The first kappa shape index (κ1) is 17.4. The molecule has 1 aromatic carbocycles. The van der Waals surface area contributed by atoms with Gasteiger partial charge in [0, 0.05) is 18.8 Å². The molecular weight excluding hydrogens is 314 g/mol. The summed E-state index contributed by atoms with van der Waals surface area (Å²) in [4.78, 5) is 18.7. The van der Waals surface area contributed by atoms with Gasteiger partial charge in [0.2, 0.25) is 0 Å². The number of pyridine rings is 1. The predicted octanol–water partition coefficient (Wildman–Crippen LogP) is 3.19. The van der Waals surface area contributed by atoms with Gasteiger partial charge in [-0.2, -0.15) is 0 Å². The summed E-state index contributed by atoms with van der Waals surface area (Å²) < 4.78 is 0. The van der Waals surface area contributed by atoms with Crippen LogP contribution in [0.3, 0.4) is 0 Å². The van der Waals surface area contributed by atoms with Gasteiger partial charge in [-0.25, -0.2) is 4.79 Å². The van der Waals surface area contributed by atoms with Crippen molar-refractivity contribution in [2.45, 2.75) is 44.9 Å². The van der Waals surface area contributed by atoms with Crippen molar-refractivity contribution in [3.05, 3.63) is 65.5 Å². The number of nitrogens with zero attached hydrogens (tertiary/aromatic N) is 2. The Hall–Kier alpha value is -2.40. The van der Waals surface area contributed by atoms with Crippen LogP contribution in [0, 0.1) is 6.92 Å². The van der Waals surface area contributed by atoms with E-state index in [1.54, 1.807) is 6.20 Å². The quantitative estimate of drug-likeness (QED) is 0.879. The number of aryl methyl sites for hydroxylation is 1. The smallest absolute Gasteiger partial charge is 0.317 e. The summed E-state index contributed by atoms with van der Waals surface area (Å²) in [6.07, 6.45) is 3.67. The molecule has 0 saturated carbocycles. The second-order valence-corrected chi connectivity index (χ2v) is 6.58. The SMILES string of the molecule is Cc1cccnc1CNC(=O)N1CCC[C@H]1C[C@H](O)c1ccccc1. The number of carbonyl (C=O) groups excluding carboxylic acids is 1. The van der Waals surface area contributed by atoms with E-state index in [2.05, 4.69) is 10.3 Å². The largest absolute Gasteiger partial charge is 0.388 e. The lowest BCUT2D eigenvalue weighted by molar-refractivity contribution is 0.126. The maximum Gasteiger partial charge on any atom is 0.317 e. The molecule has 0 spiro atoms. The van der Waals surface area contributed by atoms with Crippen molar-refractivity contribution in [2.75, 3.05) is 6.54 Å². The number of aliphatic hydroxyl groups excluding tert-OH is 1. The van der Waals surface area contributed by atoms with Crippen LogP contribution < -0.4 is 5.32 Å². The number of benzene rings is 1. The minimum atomic E-state index is -0.544. The van der Waals surface area contributed by atoms with Crippen molar-refractivity contribution < 1.29 is 9.90 Å². The molecular formula is C20H25N3O2. The molecule has 0 bridgehead atoms. The number of aromatic nitrogens is 1. The molecule has 0 unspecified atom stereocenters. The van der Waals surface area contributed by atoms with Gasteiger partial charge in [-0.15, -0.1) is 0 Å². The lowest BCUT2D eigenvalue weighted by Crippen LogP contribution is -2.43. The molecule has 2 atom stereocenters. The minimum absolute atomic E-state index is 0.0695. The van der Waals surface area contributed by atoms with Gasteiger partial charge in [0.25, 0.3) is 0 Å². The number of urea groups is 1. The van der Waals surface area contributed by atoms with E-state index in [4.69, 9.17) is 0 Å². The molecule has 5 nitrogen and oxygen atoms in total. The molecule has 2 aromatic rings. The van der Waals surface area contributed by atoms with Gasteiger partial charge >= 0.3 is 6.03 Å². The first-order chi connectivity index (χ1) is 12.1. The molecule has 2 amide bonds. The minimum Gasteiger partial charge on any atom is -0.388 e. The monoisotopic (exact) mass is 339 g/mol. The number of rotatable bonds is 5. The molecule has 0 radical (unpaired) electrons. The molecule has 5 heteroatoms. The van der Waals surface area contributed by atoms with Gasteiger partial charge in [0.1, 0.15) is 0 Å². The maximum absolute atomic E-state index is 12.6.